The first-order valence-corrected chi connectivity index (χ1v) is 8.23. The fourth-order valence-corrected chi connectivity index (χ4v) is 2.87. The highest BCUT2D eigenvalue weighted by Crippen LogP contribution is 2.25. The van der Waals surface area contributed by atoms with E-state index in [9.17, 15) is 8.78 Å². The van der Waals surface area contributed by atoms with Crippen molar-refractivity contribution in [3.63, 3.8) is 0 Å². The van der Waals surface area contributed by atoms with E-state index >= 15 is 0 Å². The number of hydrogen-bond acceptors (Lipinski definition) is 5. The monoisotopic (exact) mass is 366 g/mol. The molecule has 0 bridgehead atoms. The number of hydrogen-bond donors (Lipinski definition) is 2. The number of benzene rings is 2. The summed E-state index contributed by atoms with van der Waals surface area (Å²) in [6, 6.07) is 11.4. The van der Waals surface area contributed by atoms with Gasteiger partial charge in [-0.15, -0.1) is 0 Å². The van der Waals surface area contributed by atoms with Crippen LogP contribution in [0.15, 0.2) is 42.5 Å². The highest BCUT2D eigenvalue weighted by Gasteiger charge is 2.15. The summed E-state index contributed by atoms with van der Waals surface area (Å²) >= 11 is 0. The summed E-state index contributed by atoms with van der Waals surface area (Å²) in [5.41, 5.74) is 8.59. The number of nitrogens with zero attached hydrogens (tertiary/aromatic N) is 4. The Hall–Kier alpha value is -3.55. The third-order valence-corrected chi connectivity index (χ3v) is 4.13. The first-order valence-electron chi connectivity index (χ1n) is 8.23. The molecule has 0 saturated heterocycles. The van der Waals surface area contributed by atoms with Gasteiger partial charge in [-0.1, -0.05) is 17.7 Å². The van der Waals surface area contributed by atoms with E-state index in [1.54, 1.807) is 17.6 Å². The molecule has 3 N–H and O–H groups in total. The van der Waals surface area contributed by atoms with E-state index < -0.39 is 11.6 Å². The summed E-state index contributed by atoms with van der Waals surface area (Å²) < 4.78 is 28.9. The van der Waals surface area contributed by atoms with Crippen LogP contribution < -0.4 is 11.1 Å². The summed E-state index contributed by atoms with van der Waals surface area (Å²) in [7, 11) is 0. The van der Waals surface area contributed by atoms with Crippen LogP contribution in [0.4, 0.5) is 26.2 Å². The van der Waals surface area contributed by atoms with E-state index in [1.165, 1.54) is 0 Å². The maximum absolute atomic E-state index is 13.7. The average Bonchev–Trinajstić information content (AvgIpc) is 2.92. The summed E-state index contributed by atoms with van der Waals surface area (Å²) in [6.45, 7) is 3.72. The summed E-state index contributed by atoms with van der Waals surface area (Å²) in [4.78, 5) is 12.9. The maximum atomic E-state index is 13.7. The molecular formula is C19H16F2N6. The molecule has 2 aromatic heterocycles. The smallest absolute Gasteiger partial charge is 0.231 e. The van der Waals surface area contributed by atoms with Gasteiger partial charge < -0.3 is 11.1 Å². The van der Waals surface area contributed by atoms with E-state index in [4.69, 9.17) is 5.73 Å². The van der Waals surface area contributed by atoms with Crippen LogP contribution in [0.2, 0.25) is 0 Å². The molecular weight excluding hydrogens is 350 g/mol. The number of halogens is 2. The predicted molar refractivity (Wildman–Crippen MR) is 100 cm³/mol. The number of nitrogens with one attached hydrogen (secondary N) is 1. The molecule has 0 atom stereocenters. The van der Waals surface area contributed by atoms with E-state index in [1.807, 2.05) is 31.2 Å². The summed E-state index contributed by atoms with van der Waals surface area (Å²) in [5, 5.41) is 3.09. The van der Waals surface area contributed by atoms with Crippen molar-refractivity contribution in [3.05, 3.63) is 65.5 Å². The molecule has 0 fully saturated rings. The normalized spacial score (nSPS) is 11.1. The number of imidazole rings is 1. The van der Waals surface area contributed by atoms with Crippen molar-refractivity contribution in [1.29, 1.82) is 0 Å². The fraction of sp³-hybridized carbons (Fsp3) is 0.105. The van der Waals surface area contributed by atoms with Gasteiger partial charge in [0.05, 0.1) is 11.0 Å². The van der Waals surface area contributed by atoms with E-state index in [-0.39, 0.29) is 11.8 Å². The van der Waals surface area contributed by atoms with E-state index in [2.05, 4.69) is 20.3 Å². The minimum absolute atomic E-state index is 0.235. The number of aryl methyl sites for hydroxylation is 2. The molecule has 2 aromatic carbocycles. The van der Waals surface area contributed by atoms with Crippen molar-refractivity contribution in [2.24, 2.45) is 0 Å². The Morgan fingerprint density at radius 3 is 2.37 bits per heavy atom. The zero-order valence-electron chi connectivity index (χ0n) is 14.7. The van der Waals surface area contributed by atoms with Gasteiger partial charge in [0.25, 0.3) is 0 Å². The number of aromatic nitrogens is 4. The standard InChI is InChI=1S/C19H16F2N6/c1-10-3-5-12(6-4-10)24-19-25-17(22)9-18(26-19)27-11(2)23-15-7-13(20)14(21)8-16(15)27/h3-9H,1-2H3,(H3,22,24,25,26). The quantitative estimate of drug-likeness (QED) is 0.572. The van der Waals surface area contributed by atoms with Crippen molar-refractivity contribution in [3.8, 4) is 5.82 Å². The molecule has 0 radical (unpaired) electrons. The molecule has 136 valence electrons. The Morgan fingerprint density at radius 1 is 0.926 bits per heavy atom. The van der Waals surface area contributed by atoms with Gasteiger partial charge in [0.1, 0.15) is 17.5 Å². The lowest BCUT2D eigenvalue weighted by Crippen LogP contribution is -2.07. The van der Waals surface area contributed by atoms with Crippen molar-refractivity contribution in [2.45, 2.75) is 13.8 Å². The third-order valence-electron chi connectivity index (χ3n) is 4.13. The zero-order chi connectivity index (χ0) is 19.1. The van der Waals surface area contributed by atoms with Gasteiger partial charge in [-0.25, -0.2) is 13.8 Å². The van der Waals surface area contributed by atoms with Gasteiger partial charge in [-0.2, -0.15) is 9.97 Å². The van der Waals surface area contributed by atoms with Gasteiger partial charge in [-0.05, 0) is 26.0 Å². The fourth-order valence-electron chi connectivity index (χ4n) is 2.87. The van der Waals surface area contributed by atoms with Crippen molar-refractivity contribution >= 4 is 28.5 Å². The molecule has 0 unspecified atom stereocenters. The van der Waals surface area contributed by atoms with Gasteiger partial charge in [0, 0.05) is 23.9 Å². The second-order valence-electron chi connectivity index (χ2n) is 6.22. The molecule has 6 nitrogen and oxygen atoms in total. The Kier molecular flexibility index (Phi) is 3.95. The number of nitrogens with two attached hydrogens (primary N) is 1. The van der Waals surface area contributed by atoms with Crippen LogP contribution in [0.25, 0.3) is 16.9 Å². The van der Waals surface area contributed by atoms with E-state index in [0.717, 1.165) is 23.4 Å². The Morgan fingerprint density at radius 2 is 1.63 bits per heavy atom. The minimum atomic E-state index is -0.955. The van der Waals surface area contributed by atoms with Crippen molar-refractivity contribution < 1.29 is 8.78 Å². The first-order chi connectivity index (χ1) is 12.9. The third kappa shape index (κ3) is 3.17. The van der Waals surface area contributed by atoms with Crippen LogP contribution in [0.3, 0.4) is 0 Å². The van der Waals surface area contributed by atoms with Crippen LogP contribution in [-0.2, 0) is 0 Å². The first kappa shape index (κ1) is 16.9. The van der Waals surface area contributed by atoms with Crippen LogP contribution in [0, 0.1) is 25.5 Å². The second kappa shape index (κ2) is 6.31. The Labute approximate surface area is 153 Å². The van der Waals surface area contributed by atoms with E-state index in [0.29, 0.717) is 22.7 Å². The average molecular weight is 366 g/mol. The Balaban J connectivity index is 1.81. The molecule has 8 heteroatoms. The molecule has 0 saturated carbocycles. The zero-order valence-corrected chi connectivity index (χ0v) is 14.7. The summed E-state index contributed by atoms with van der Waals surface area (Å²) in [6.07, 6.45) is 0. The number of fused-ring (bicyclic) bond motifs is 1. The number of nitrogen functional groups attached to an aromatic ring is 1. The maximum Gasteiger partial charge on any atom is 0.231 e. The lowest BCUT2D eigenvalue weighted by atomic mass is 10.2. The Bertz CT molecular complexity index is 1150. The highest BCUT2D eigenvalue weighted by atomic mass is 19.2. The molecule has 0 aliphatic heterocycles. The largest absolute Gasteiger partial charge is 0.383 e. The van der Waals surface area contributed by atoms with Gasteiger partial charge >= 0.3 is 0 Å². The van der Waals surface area contributed by atoms with Gasteiger partial charge in [0.2, 0.25) is 5.95 Å². The molecule has 4 aromatic rings. The minimum Gasteiger partial charge on any atom is -0.383 e. The van der Waals surface area contributed by atoms with Gasteiger partial charge in [0.15, 0.2) is 11.6 Å². The van der Waals surface area contributed by atoms with Crippen LogP contribution in [-0.4, -0.2) is 19.5 Å². The summed E-state index contributed by atoms with van der Waals surface area (Å²) in [5.74, 6) is -0.451. The molecule has 0 aliphatic carbocycles. The van der Waals surface area contributed by atoms with Crippen LogP contribution >= 0.6 is 0 Å². The lowest BCUT2D eigenvalue weighted by Gasteiger charge is -2.11. The lowest BCUT2D eigenvalue weighted by molar-refractivity contribution is 0.510. The molecule has 27 heavy (non-hydrogen) atoms. The predicted octanol–water partition coefficient (Wildman–Crippen LogP) is 4.04. The molecule has 0 spiro atoms. The molecule has 4 rings (SSSR count). The SMILES string of the molecule is Cc1ccc(Nc2nc(N)cc(-n3c(C)nc4cc(F)c(F)cc43)n2)cc1. The van der Waals surface area contributed by atoms with Gasteiger partial charge in [-0.3, -0.25) is 4.57 Å². The van der Waals surface area contributed by atoms with Crippen LogP contribution in [0.5, 0.6) is 0 Å². The molecule has 0 amide bonds. The van der Waals surface area contributed by atoms with Crippen molar-refractivity contribution in [1.82, 2.24) is 19.5 Å². The molecule has 2 heterocycles. The number of rotatable bonds is 3. The van der Waals surface area contributed by atoms with Crippen LogP contribution in [0.1, 0.15) is 11.4 Å². The number of anilines is 3. The molecule has 0 aliphatic rings. The highest BCUT2D eigenvalue weighted by molar-refractivity contribution is 5.78. The topological polar surface area (TPSA) is 81.6 Å². The second-order valence-corrected chi connectivity index (χ2v) is 6.22. The van der Waals surface area contributed by atoms with Crippen molar-refractivity contribution in [2.75, 3.05) is 11.1 Å².